The van der Waals surface area contributed by atoms with Crippen molar-refractivity contribution in [3.05, 3.63) is 35.5 Å². The monoisotopic (exact) mass is 194 g/mol. The predicted octanol–water partition coefficient (Wildman–Crippen LogP) is 2.22. The van der Waals surface area contributed by atoms with Gasteiger partial charge in [-0.25, -0.2) is 0 Å². The van der Waals surface area contributed by atoms with Gasteiger partial charge >= 0.3 is 0 Å². The number of hydrogen-bond acceptors (Lipinski definition) is 2. The Labute approximate surface area is 80.4 Å². The minimum Gasteiger partial charge on any atom is -0.360 e. The van der Waals surface area contributed by atoms with Crippen LogP contribution in [0.2, 0.25) is 5.02 Å². The maximum atomic E-state index is 11.1. The normalized spacial score (nSPS) is 14.1. The lowest BCUT2D eigenvalue weighted by Crippen LogP contribution is -2.06. The minimum atomic E-state index is -0.145. The van der Waals surface area contributed by atoms with Crippen molar-refractivity contribution in [2.24, 2.45) is 0 Å². The molecule has 0 saturated heterocycles. The van der Waals surface area contributed by atoms with E-state index < -0.39 is 0 Å². The van der Waals surface area contributed by atoms with Gasteiger partial charge in [-0.1, -0.05) is 11.6 Å². The molecule has 0 spiro atoms. The summed E-state index contributed by atoms with van der Waals surface area (Å²) in [7, 11) is 0. The summed E-state index contributed by atoms with van der Waals surface area (Å²) < 4.78 is 0. The Balaban J connectivity index is 2.46. The van der Waals surface area contributed by atoms with Crippen molar-refractivity contribution in [3.63, 3.8) is 0 Å². The molecule has 0 bridgehead atoms. The zero-order chi connectivity index (χ0) is 9.26. The third-order valence-electron chi connectivity index (χ3n) is 1.71. The van der Waals surface area contributed by atoms with Gasteiger partial charge in [0.15, 0.2) is 0 Å². The van der Waals surface area contributed by atoms with Crippen molar-refractivity contribution in [2.45, 2.75) is 0 Å². The summed E-state index contributed by atoms with van der Waals surface area (Å²) in [5, 5.41) is 6.29. The number of carbonyl (C=O) groups excluding carboxylic acids is 1. The van der Waals surface area contributed by atoms with Crippen LogP contribution in [0.25, 0.3) is 0 Å². The molecule has 1 heterocycles. The van der Waals surface area contributed by atoms with Gasteiger partial charge in [0, 0.05) is 17.3 Å². The topological polar surface area (TPSA) is 41.1 Å². The van der Waals surface area contributed by atoms with Crippen LogP contribution in [-0.2, 0) is 4.79 Å². The number of carbonyl (C=O) groups is 1. The van der Waals surface area contributed by atoms with E-state index in [0.717, 1.165) is 11.4 Å². The van der Waals surface area contributed by atoms with Crippen molar-refractivity contribution in [2.75, 3.05) is 10.6 Å². The molecule has 1 aliphatic rings. The molecule has 4 heteroatoms. The van der Waals surface area contributed by atoms with Crippen LogP contribution < -0.4 is 10.6 Å². The van der Waals surface area contributed by atoms with Crippen molar-refractivity contribution >= 4 is 28.9 Å². The van der Waals surface area contributed by atoms with Crippen LogP contribution in [0.1, 0.15) is 0 Å². The summed E-state index contributed by atoms with van der Waals surface area (Å²) >= 11 is 5.79. The van der Waals surface area contributed by atoms with Crippen molar-refractivity contribution in [1.82, 2.24) is 0 Å². The van der Waals surface area contributed by atoms with E-state index in [9.17, 15) is 4.79 Å². The van der Waals surface area contributed by atoms with Crippen LogP contribution in [0, 0.1) is 0 Å². The van der Waals surface area contributed by atoms with Crippen LogP contribution in [0.15, 0.2) is 30.5 Å². The van der Waals surface area contributed by atoms with E-state index in [2.05, 4.69) is 10.6 Å². The lowest BCUT2D eigenvalue weighted by atomic mass is 10.2. The standard InChI is InChI=1S/C9H7ClN2O/c10-6-1-2-7-8(5-6)11-4-3-9(13)12-7/h1-5,11H,(H,12,13). The van der Waals surface area contributed by atoms with Gasteiger partial charge in [-0.3, -0.25) is 4.79 Å². The number of fused-ring (bicyclic) bond motifs is 1. The SMILES string of the molecule is O=C1C=CNc2cc(Cl)ccc2N1. The van der Waals surface area contributed by atoms with Crippen LogP contribution in [0.4, 0.5) is 11.4 Å². The van der Waals surface area contributed by atoms with E-state index in [-0.39, 0.29) is 5.91 Å². The van der Waals surface area contributed by atoms with E-state index in [1.165, 1.54) is 6.08 Å². The molecule has 0 radical (unpaired) electrons. The van der Waals surface area contributed by atoms with Crippen molar-refractivity contribution in [1.29, 1.82) is 0 Å². The molecule has 1 aromatic rings. The van der Waals surface area contributed by atoms with Gasteiger partial charge < -0.3 is 10.6 Å². The molecule has 2 rings (SSSR count). The third-order valence-corrected chi connectivity index (χ3v) is 1.95. The van der Waals surface area contributed by atoms with Gasteiger partial charge in [-0.05, 0) is 18.2 Å². The molecule has 2 N–H and O–H groups in total. The molecule has 13 heavy (non-hydrogen) atoms. The number of hydrogen-bond donors (Lipinski definition) is 2. The molecule has 0 atom stereocenters. The highest BCUT2D eigenvalue weighted by Gasteiger charge is 2.07. The Hall–Kier alpha value is -1.48. The summed E-state index contributed by atoms with van der Waals surface area (Å²) in [5.74, 6) is -0.145. The average Bonchev–Trinajstić information content (AvgIpc) is 2.25. The van der Waals surface area contributed by atoms with Gasteiger partial charge in [-0.15, -0.1) is 0 Å². The summed E-state index contributed by atoms with van der Waals surface area (Å²) in [5.41, 5.74) is 1.54. The lowest BCUT2D eigenvalue weighted by molar-refractivity contribution is -0.111. The fourth-order valence-corrected chi connectivity index (χ4v) is 1.30. The molecule has 0 unspecified atom stereocenters. The largest absolute Gasteiger partial charge is 0.360 e. The maximum absolute atomic E-state index is 11.1. The smallest absolute Gasteiger partial charge is 0.249 e. The zero-order valence-corrected chi connectivity index (χ0v) is 7.43. The number of amides is 1. The van der Waals surface area contributed by atoms with Crippen LogP contribution in [0.5, 0.6) is 0 Å². The van der Waals surface area contributed by atoms with Gasteiger partial charge in [0.05, 0.1) is 11.4 Å². The van der Waals surface area contributed by atoms with E-state index in [0.29, 0.717) is 5.02 Å². The van der Waals surface area contributed by atoms with Gasteiger partial charge in [0.1, 0.15) is 0 Å². The van der Waals surface area contributed by atoms with Gasteiger partial charge in [0.25, 0.3) is 0 Å². The third kappa shape index (κ3) is 1.65. The molecular formula is C9H7ClN2O. The molecule has 0 aromatic heterocycles. The van der Waals surface area contributed by atoms with E-state index in [1.54, 1.807) is 24.4 Å². The lowest BCUT2D eigenvalue weighted by Gasteiger charge is -2.06. The summed E-state index contributed by atoms with van der Waals surface area (Å²) in [6.07, 6.45) is 3.01. The molecule has 0 aliphatic carbocycles. The fraction of sp³-hybridized carbons (Fsp3) is 0. The highest BCUT2D eigenvalue weighted by Crippen LogP contribution is 2.26. The van der Waals surface area contributed by atoms with Crippen molar-refractivity contribution in [3.8, 4) is 0 Å². The average molecular weight is 195 g/mol. The highest BCUT2D eigenvalue weighted by atomic mass is 35.5. The first-order chi connectivity index (χ1) is 6.25. The van der Waals surface area contributed by atoms with Crippen LogP contribution >= 0.6 is 11.6 Å². The van der Waals surface area contributed by atoms with Gasteiger partial charge in [-0.2, -0.15) is 0 Å². The van der Waals surface area contributed by atoms with Crippen LogP contribution in [0.3, 0.4) is 0 Å². The van der Waals surface area contributed by atoms with E-state index in [4.69, 9.17) is 11.6 Å². The number of rotatable bonds is 0. The Kier molecular flexibility index (Phi) is 1.94. The molecule has 3 nitrogen and oxygen atoms in total. The van der Waals surface area contributed by atoms with Crippen molar-refractivity contribution < 1.29 is 4.79 Å². The highest BCUT2D eigenvalue weighted by molar-refractivity contribution is 6.31. The minimum absolute atomic E-state index is 0.145. The molecule has 0 fully saturated rings. The number of nitrogens with one attached hydrogen (secondary N) is 2. The Morgan fingerprint density at radius 1 is 1.23 bits per heavy atom. The second-order valence-corrected chi connectivity index (χ2v) is 3.09. The molecular weight excluding hydrogens is 188 g/mol. The van der Waals surface area contributed by atoms with E-state index in [1.807, 2.05) is 0 Å². The maximum Gasteiger partial charge on any atom is 0.249 e. The van der Waals surface area contributed by atoms with Crippen LogP contribution in [-0.4, -0.2) is 5.91 Å². The Morgan fingerprint density at radius 2 is 2.08 bits per heavy atom. The summed E-state index contributed by atoms with van der Waals surface area (Å²) in [6.45, 7) is 0. The van der Waals surface area contributed by atoms with E-state index >= 15 is 0 Å². The number of benzene rings is 1. The Morgan fingerprint density at radius 3 is 2.92 bits per heavy atom. The predicted molar refractivity (Wildman–Crippen MR) is 52.8 cm³/mol. The zero-order valence-electron chi connectivity index (χ0n) is 6.67. The number of halogens is 1. The quantitative estimate of drug-likeness (QED) is 0.665. The second kappa shape index (κ2) is 3.11. The molecule has 0 saturated carbocycles. The fourth-order valence-electron chi connectivity index (χ4n) is 1.13. The first-order valence-corrected chi connectivity index (χ1v) is 4.17. The molecule has 66 valence electrons. The second-order valence-electron chi connectivity index (χ2n) is 2.66. The summed E-state index contributed by atoms with van der Waals surface area (Å²) in [4.78, 5) is 11.1. The van der Waals surface area contributed by atoms with Gasteiger partial charge in [0.2, 0.25) is 5.91 Å². The first-order valence-electron chi connectivity index (χ1n) is 3.79. The molecule has 1 amide bonds. The summed E-state index contributed by atoms with van der Waals surface area (Å²) in [6, 6.07) is 5.25. The number of anilines is 2. The molecule has 1 aromatic carbocycles. The Bertz CT molecular complexity index is 387. The first kappa shape index (κ1) is 8.13. The molecule has 1 aliphatic heterocycles.